The van der Waals surface area contributed by atoms with E-state index in [2.05, 4.69) is 5.32 Å². The number of hydrogen-bond donors (Lipinski definition) is 4. The van der Waals surface area contributed by atoms with Crippen LogP contribution < -0.4 is 28.0 Å². The summed E-state index contributed by atoms with van der Waals surface area (Å²) in [7, 11) is 0. The monoisotopic (exact) mass is 575 g/mol. The van der Waals surface area contributed by atoms with Crippen molar-refractivity contribution < 1.29 is 32.2 Å². The quantitative estimate of drug-likeness (QED) is 0.243. The summed E-state index contributed by atoms with van der Waals surface area (Å²) >= 11 is 0. The van der Waals surface area contributed by atoms with Crippen LogP contribution in [0, 0.1) is 0 Å². The van der Waals surface area contributed by atoms with E-state index in [0.29, 0.717) is 12.2 Å². The van der Waals surface area contributed by atoms with E-state index in [1.54, 1.807) is 0 Å². The van der Waals surface area contributed by atoms with Crippen LogP contribution in [-0.2, 0) is 44.7 Å². The van der Waals surface area contributed by atoms with Gasteiger partial charge in [0.05, 0.1) is 30.7 Å². The van der Waals surface area contributed by atoms with Crippen LogP contribution in [-0.4, -0.2) is 67.7 Å². The minimum atomic E-state index is -4.46. The maximum absolute atomic E-state index is 13.4. The predicted molar refractivity (Wildman–Crippen MR) is 150 cm³/mol. The van der Waals surface area contributed by atoms with Gasteiger partial charge >= 0.3 is 13.1 Å². The number of Topliss-reactive ketones (excluding diaryl/α,β-unsaturated/α-hetero) is 1. The van der Waals surface area contributed by atoms with Crippen LogP contribution in [0.4, 0.5) is 13.2 Å². The molecule has 2 atom stereocenters. The van der Waals surface area contributed by atoms with E-state index >= 15 is 0 Å². The van der Waals surface area contributed by atoms with Crippen LogP contribution in [0.5, 0.6) is 0 Å². The molecule has 2 aromatic carbocycles. The molecule has 0 fully saturated rings. The van der Waals surface area contributed by atoms with Gasteiger partial charge in [0.2, 0.25) is 11.8 Å². The highest BCUT2D eigenvalue weighted by Gasteiger charge is 2.31. The van der Waals surface area contributed by atoms with Crippen molar-refractivity contribution in [2.24, 2.45) is 17.2 Å². The fourth-order valence-corrected chi connectivity index (χ4v) is 4.74. The maximum atomic E-state index is 13.4. The molecule has 0 unspecified atom stereocenters. The number of nitrogens with two attached hydrogens (primary N) is 3. The lowest BCUT2D eigenvalue weighted by molar-refractivity contribution is -0.137. The Labute approximate surface area is 238 Å². The Kier molecular flexibility index (Phi) is 11.5. The lowest BCUT2D eigenvalue weighted by Crippen LogP contribution is -2.51. The Morgan fingerprint density at radius 1 is 1.05 bits per heavy atom. The molecule has 0 bridgehead atoms. The van der Waals surface area contributed by atoms with Crippen molar-refractivity contribution >= 4 is 30.0 Å². The number of nitrogens with one attached hydrogen (secondary N) is 1. The zero-order valence-electron chi connectivity index (χ0n) is 23.1. The van der Waals surface area contributed by atoms with Gasteiger partial charge in [-0.05, 0) is 47.1 Å². The van der Waals surface area contributed by atoms with Gasteiger partial charge in [-0.1, -0.05) is 37.2 Å². The molecular weight excluding hydrogens is 538 g/mol. The molecule has 2 amide bonds. The second-order valence-electron chi connectivity index (χ2n) is 10.2. The molecule has 1 heterocycles. The standard InChI is InChI=1S/C28H37BF3N5O4/c1-29-22-14-19(2-6-20(22)17-41-29)15-25(38)24(9-5-18-3-7-21(8-4-18)28(30,31)32)36-27(40)23(35)16-26(39)37(12-10-33)13-11-34/h2-4,6-8,14,23-24H,5,9-13,15-17,33-35H2,1H3,(H,36,40)/t23-,24+/m0/s1. The number of rotatable bonds is 14. The molecule has 7 N–H and O–H groups in total. The highest BCUT2D eigenvalue weighted by atomic mass is 19.4. The maximum Gasteiger partial charge on any atom is 0.416 e. The molecule has 222 valence electrons. The van der Waals surface area contributed by atoms with Crippen LogP contribution in [0.15, 0.2) is 42.5 Å². The number of fused-ring (bicyclic) bond motifs is 1. The summed E-state index contributed by atoms with van der Waals surface area (Å²) in [5, 5.41) is 2.67. The summed E-state index contributed by atoms with van der Waals surface area (Å²) in [6.45, 7) is 3.31. The van der Waals surface area contributed by atoms with Crippen molar-refractivity contribution in [3.8, 4) is 0 Å². The number of ketones is 1. The Hall–Kier alpha value is -3.26. The van der Waals surface area contributed by atoms with Crippen molar-refractivity contribution in [3.05, 3.63) is 64.7 Å². The first-order valence-electron chi connectivity index (χ1n) is 13.6. The van der Waals surface area contributed by atoms with Crippen LogP contribution in [0.1, 0.15) is 35.1 Å². The summed E-state index contributed by atoms with van der Waals surface area (Å²) in [5.41, 5.74) is 19.7. The number of carbonyl (C=O) groups excluding carboxylic acids is 3. The molecule has 0 saturated heterocycles. The van der Waals surface area contributed by atoms with Gasteiger partial charge < -0.3 is 32.1 Å². The Bertz CT molecular complexity index is 1210. The molecule has 1 aliphatic rings. The normalized spacial score (nSPS) is 14.4. The first kappa shape index (κ1) is 32.3. The van der Waals surface area contributed by atoms with Crippen molar-refractivity contribution in [1.82, 2.24) is 10.2 Å². The lowest BCUT2D eigenvalue weighted by Gasteiger charge is -2.24. The number of carbonyl (C=O) groups is 3. The van der Waals surface area contributed by atoms with Crippen LogP contribution >= 0.6 is 0 Å². The molecule has 9 nitrogen and oxygen atoms in total. The molecule has 3 rings (SSSR count). The molecule has 0 aliphatic carbocycles. The molecule has 13 heteroatoms. The topological polar surface area (TPSA) is 154 Å². The minimum absolute atomic E-state index is 0.0207. The van der Waals surface area contributed by atoms with Crippen molar-refractivity contribution in [3.63, 3.8) is 0 Å². The first-order valence-corrected chi connectivity index (χ1v) is 13.6. The molecule has 1 aliphatic heterocycles. The van der Waals surface area contributed by atoms with Gasteiger partial charge in [0.1, 0.15) is 0 Å². The Balaban J connectivity index is 1.72. The largest absolute Gasteiger partial charge is 0.427 e. The fourth-order valence-electron chi connectivity index (χ4n) is 4.74. The highest BCUT2D eigenvalue weighted by Crippen LogP contribution is 2.29. The van der Waals surface area contributed by atoms with Crippen LogP contribution in [0.3, 0.4) is 0 Å². The second kappa shape index (κ2) is 14.6. The van der Waals surface area contributed by atoms with E-state index < -0.39 is 29.7 Å². The SMILES string of the molecule is CB1OCc2ccc(CC(=O)[C@@H](CCc3ccc(C(F)(F)F)cc3)NC(=O)[C@@H](N)CC(=O)N(CCN)CCN)cc21. The number of hydrogen-bond acceptors (Lipinski definition) is 7. The van der Waals surface area contributed by atoms with Crippen molar-refractivity contribution in [2.45, 2.75) is 57.4 Å². The fraction of sp³-hybridized carbons (Fsp3) is 0.464. The van der Waals surface area contributed by atoms with E-state index in [4.69, 9.17) is 21.9 Å². The molecule has 0 aromatic heterocycles. The third-order valence-corrected chi connectivity index (χ3v) is 7.11. The minimum Gasteiger partial charge on any atom is -0.427 e. The van der Waals surface area contributed by atoms with Crippen LogP contribution in [0.2, 0.25) is 6.82 Å². The average molecular weight is 575 g/mol. The molecule has 0 radical (unpaired) electrons. The summed E-state index contributed by atoms with van der Waals surface area (Å²) in [5.74, 6) is -1.35. The highest BCUT2D eigenvalue weighted by molar-refractivity contribution is 6.67. The summed E-state index contributed by atoms with van der Waals surface area (Å²) in [4.78, 5) is 40.5. The predicted octanol–water partition coefficient (Wildman–Crippen LogP) is 0.757. The number of amides is 2. The Morgan fingerprint density at radius 3 is 2.29 bits per heavy atom. The zero-order valence-corrected chi connectivity index (χ0v) is 23.1. The molecule has 2 aromatic rings. The number of alkyl halides is 3. The third-order valence-electron chi connectivity index (χ3n) is 7.11. The summed E-state index contributed by atoms with van der Waals surface area (Å²) in [6, 6.07) is 8.12. The first-order chi connectivity index (χ1) is 19.4. The molecular formula is C28H37BF3N5O4. The summed E-state index contributed by atoms with van der Waals surface area (Å²) in [6.07, 6.45) is -4.37. The molecule has 0 spiro atoms. The van der Waals surface area contributed by atoms with Gasteiger partial charge in [0.15, 0.2) is 5.78 Å². The third kappa shape index (κ3) is 9.12. The van der Waals surface area contributed by atoms with E-state index in [1.807, 2.05) is 25.0 Å². The van der Waals surface area contributed by atoms with Gasteiger partial charge in [-0.15, -0.1) is 0 Å². The van der Waals surface area contributed by atoms with Gasteiger partial charge in [-0.25, -0.2) is 0 Å². The van der Waals surface area contributed by atoms with E-state index in [1.165, 1.54) is 17.0 Å². The van der Waals surface area contributed by atoms with E-state index in [-0.39, 0.29) is 70.5 Å². The van der Waals surface area contributed by atoms with Crippen molar-refractivity contribution in [1.29, 1.82) is 0 Å². The number of halogens is 3. The number of nitrogens with zero attached hydrogens (tertiary/aromatic N) is 1. The van der Waals surface area contributed by atoms with Gasteiger partial charge in [-0.2, -0.15) is 13.2 Å². The second-order valence-corrected chi connectivity index (χ2v) is 10.2. The summed E-state index contributed by atoms with van der Waals surface area (Å²) < 4.78 is 44.5. The van der Waals surface area contributed by atoms with Crippen molar-refractivity contribution in [2.75, 3.05) is 26.2 Å². The average Bonchev–Trinajstić information content (AvgIpc) is 3.30. The van der Waals surface area contributed by atoms with Crippen LogP contribution in [0.25, 0.3) is 0 Å². The zero-order chi connectivity index (χ0) is 30.2. The molecule has 0 saturated carbocycles. The smallest absolute Gasteiger partial charge is 0.416 e. The van der Waals surface area contributed by atoms with Gasteiger partial charge in [-0.3, -0.25) is 14.4 Å². The van der Waals surface area contributed by atoms with Gasteiger partial charge in [0, 0.05) is 32.6 Å². The number of benzene rings is 2. The van der Waals surface area contributed by atoms with E-state index in [9.17, 15) is 27.6 Å². The van der Waals surface area contributed by atoms with Gasteiger partial charge in [0.25, 0.3) is 0 Å². The Morgan fingerprint density at radius 2 is 1.68 bits per heavy atom. The lowest BCUT2D eigenvalue weighted by atomic mass is 9.64. The molecule has 41 heavy (non-hydrogen) atoms. The van der Waals surface area contributed by atoms with E-state index in [0.717, 1.165) is 28.7 Å². The number of aryl methyl sites for hydroxylation is 1.